The van der Waals surface area contributed by atoms with Gasteiger partial charge in [0.2, 0.25) is 11.8 Å². The van der Waals surface area contributed by atoms with Crippen LogP contribution in [0.3, 0.4) is 0 Å². The minimum atomic E-state index is -1.01. The van der Waals surface area contributed by atoms with E-state index in [-0.39, 0.29) is 17.9 Å². The summed E-state index contributed by atoms with van der Waals surface area (Å²) in [5.41, 5.74) is 0.233. The lowest BCUT2D eigenvalue weighted by Gasteiger charge is -2.35. The number of amides is 1. The zero-order chi connectivity index (χ0) is 17.9. The van der Waals surface area contributed by atoms with Crippen LogP contribution in [0.15, 0.2) is 28.8 Å². The summed E-state index contributed by atoms with van der Waals surface area (Å²) in [7, 11) is 0. The van der Waals surface area contributed by atoms with E-state index in [4.69, 9.17) is 9.63 Å². The van der Waals surface area contributed by atoms with Gasteiger partial charge in [0, 0.05) is 6.92 Å². The summed E-state index contributed by atoms with van der Waals surface area (Å²) in [6.45, 7) is 1.73. The normalized spacial score (nSPS) is 16.4. The molecule has 3 rings (SSSR count). The molecule has 1 aromatic heterocycles. The predicted octanol–water partition coefficient (Wildman–Crippen LogP) is 2.59. The summed E-state index contributed by atoms with van der Waals surface area (Å²) in [5.74, 6) is -0.180. The lowest BCUT2D eigenvalue weighted by molar-refractivity contribution is -0.123. The van der Waals surface area contributed by atoms with Crippen LogP contribution in [0.4, 0.5) is 0 Å². The maximum absolute atomic E-state index is 12.6. The van der Waals surface area contributed by atoms with E-state index in [1.54, 1.807) is 19.1 Å². The quantitative estimate of drug-likeness (QED) is 0.864. The summed E-state index contributed by atoms with van der Waals surface area (Å²) in [6, 6.07) is 6.42. The number of nitrogens with zero attached hydrogens (tertiary/aromatic N) is 2. The van der Waals surface area contributed by atoms with Crippen LogP contribution in [0, 0.1) is 6.92 Å². The van der Waals surface area contributed by atoms with Gasteiger partial charge in [-0.15, -0.1) is 0 Å². The number of carbonyl (C=O) groups is 2. The molecule has 0 aliphatic heterocycles. The first-order valence-corrected chi connectivity index (χ1v) is 8.42. The highest BCUT2D eigenvalue weighted by Gasteiger charge is 2.39. The molecule has 1 heterocycles. The average molecular weight is 343 g/mol. The fraction of sp³-hybridized carbons (Fsp3) is 0.444. The Labute approximate surface area is 145 Å². The minimum Gasteiger partial charge on any atom is -0.478 e. The van der Waals surface area contributed by atoms with Crippen molar-refractivity contribution in [1.82, 2.24) is 15.5 Å². The fourth-order valence-electron chi connectivity index (χ4n) is 3.36. The van der Waals surface area contributed by atoms with Crippen LogP contribution in [-0.4, -0.2) is 27.1 Å². The third-order valence-corrected chi connectivity index (χ3v) is 4.58. The molecule has 0 spiro atoms. The van der Waals surface area contributed by atoms with Crippen molar-refractivity contribution < 1.29 is 19.2 Å². The van der Waals surface area contributed by atoms with Crippen molar-refractivity contribution in [2.24, 2.45) is 0 Å². The molecule has 0 unspecified atom stereocenters. The summed E-state index contributed by atoms with van der Waals surface area (Å²) in [4.78, 5) is 28.0. The molecule has 0 atom stereocenters. The van der Waals surface area contributed by atoms with Gasteiger partial charge < -0.3 is 14.9 Å². The van der Waals surface area contributed by atoms with Crippen molar-refractivity contribution in [1.29, 1.82) is 0 Å². The molecular formula is C18H21N3O4. The van der Waals surface area contributed by atoms with Crippen molar-refractivity contribution in [3.8, 4) is 0 Å². The Morgan fingerprint density at radius 2 is 2.04 bits per heavy atom. The zero-order valence-electron chi connectivity index (χ0n) is 14.1. The lowest BCUT2D eigenvalue weighted by atomic mass is 9.80. The topological polar surface area (TPSA) is 105 Å². The Hall–Kier alpha value is -2.70. The van der Waals surface area contributed by atoms with Crippen molar-refractivity contribution in [3.63, 3.8) is 0 Å². The number of hydrogen-bond donors (Lipinski definition) is 2. The van der Waals surface area contributed by atoms with Crippen LogP contribution < -0.4 is 5.32 Å². The smallest absolute Gasteiger partial charge is 0.335 e. The van der Waals surface area contributed by atoms with Gasteiger partial charge in [0.15, 0.2) is 5.82 Å². The number of carbonyl (C=O) groups excluding carboxylic acids is 1. The first-order chi connectivity index (χ1) is 12.0. The van der Waals surface area contributed by atoms with Crippen molar-refractivity contribution in [2.45, 2.75) is 51.0 Å². The third-order valence-electron chi connectivity index (χ3n) is 4.58. The van der Waals surface area contributed by atoms with Gasteiger partial charge in [-0.25, -0.2) is 4.79 Å². The van der Waals surface area contributed by atoms with E-state index in [1.165, 1.54) is 12.1 Å². The molecule has 25 heavy (non-hydrogen) atoms. The number of carboxylic acids is 1. The second kappa shape index (κ2) is 7.04. The molecule has 1 amide bonds. The highest BCUT2D eigenvalue weighted by atomic mass is 16.5. The largest absolute Gasteiger partial charge is 0.478 e. The summed E-state index contributed by atoms with van der Waals surface area (Å²) < 4.78 is 5.11. The first kappa shape index (κ1) is 17.1. The zero-order valence-corrected chi connectivity index (χ0v) is 14.1. The van der Waals surface area contributed by atoms with Gasteiger partial charge in [0.1, 0.15) is 5.54 Å². The Morgan fingerprint density at radius 1 is 1.28 bits per heavy atom. The molecule has 0 radical (unpaired) electrons. The summed E-state index contributed by atoms with van der Waals surface area (Å²) in [6.07, 6.45) is 4.75. The molecule has 0 bridgehead atoms. The van der Waals surface area contributed by atoms with E-state index >= 15 is 0 Å². The second-order valence-electron chi connectivity index (χ2n) is 6.51. The predicted molar refractivity (Wildman–Crippen MR) is 89.0 cm³/mol. The second-order valence-corrected chi connectivity index (χ2v) is 6.51. The van der Waals surface area contributed by atoms with Crippen LogP contribution >= 0.6 is 0 Å². The molecule has 2 N–H and O–H groups in total. The summed E-state index contributed by atoms with van der Waals surface area (Å²) >= 11 is 0. The molecule has 1 saturated carbocycles. The molecule has 132 valence electrons. The Balaban J connectivity index is 1.77. The average Bonchev–Trinajstić information content (AvgIpc) is 3.03. The third kappa shape index (κ3) is 3.87. The van der Waals surface area contributed by atoms with Gasteiger partial charge in [-0.3, -0.25) is 4.79 Å². The first-order valence-electron chi connectivity index (χ1n) is 8.42. The van der Waals surface area contributed by atoms with Gasteiger partial charge in [0.25, 0.3) is 0 Å². The maximum Gasteiger partial charge on any atom is 0.335 e. The molecule has 2 aromatic rings. The van der Waals surface area contributed by atoms with Gasteiger partial charge >= 0.3 is 5.97 Å². The number of carboxylic acid groups (broad SMARTS) is 1. The van der Waals surface area contributed by atoms with Crippen LogP contribution in [-0.2, 0) is 16.8 Å². The Morgan fingerprint density at radius 3 is 2.68 bits per heavy atom. The molecular weight excluding hydrogens is 322 g/mol. The number of aromatic carboxylic acids is 1. The van der Waals surface area contributed by atoms with Crippen molar-refractivity contribution in [3.05, 3.63) is 47.1 Å². The van der Waals surface area contributed by atoms with Crippen molar-refractivity contribution >= 4 is 11.9 Å². The molecule has 0 saturated heterocycles. The van der Waals surface area contributed by atoms with E-state index < -0.39 is 11.5 Å². The van der Waals surface area contributed by atoms with E-state index in [1.807, 2.05) is 0 Å². The molecule has 7 heteroatoms. The van der Waals surface area contributed by atoms with Crippen LogP contribution in [0.2, 0.25) is 0 Å². The van der Waals surface area contributed by atoms with Crippen LogP contribution in [0.25, 0.3) is 0 Å². The molecule has 1 fully saturated rings. The molecule has 1 aliphatic rings. The summed E-state index contributed by atoms with van der Waals surface area (Å²) in [5, 5.41) is 16.2. The SMILES string of the molecule is Cc1nc(C2(NC(=O)Cc3cccc(C(=O)O)c3)CCCCC2)no1. The lowest BCUT2D eigenvalue weighted by Crippen LogP contribution is -2.48. The maximum atomic E-state index is 12.6. The van der Waals surface area contributed by atoms with Gasteiger partial charge in [-0.2, -0.15) is 4.98 Å². The molecule has 1 aliphatic carbocycles. The van der Waals surface area contributed by atoms with Gasteiger partial charge in [-0.1, -0.05) is 36.6 Å². The standard InChI is InChI=1S/C18H21N3O4/c1-12-19-17(21-25-12)18(8-3-2-4-9-18)20-15(22)11-13-6-5-7-14(10-13)16(23)24/h5-7,10H,2-4,8-9,11H2,1H3,(H,20,22)(H,23,24). The highest BCUT2D eigenvalue weighted by molar-refractivity contribution is 5.88. The van der Waals surface area contributed by atoms with Gasteiger partial charge in [-0.05, 0) is 30.5 Å². The number of aromatic nitrogens is 2. The van der Waals surface area contributed by atoms with E-state index in [9.17, 15) is 9.59 Å². The number of rotatable bonds is 5. The van der Waals surface area contributed by atoms with Crippen molar-refractivity contribution in [2.75, 3.05) is 0 Å². The molecule has 7 nitrogen and oxygen atoms in total. The van der Waals surface area contributed by atoms with Crippen LogP contribution in [0.5, 0.6) is 0 Å². The highest BCUT2D eigenvalue weighted by Crippen LogP contribution is 2.35. The number of nitrogens with one attached hydrogen (secondary N) is 1. The number of aryl methyl sites for hydroxylation is 1. The number of benzene rings is 1. The molecule has 1 aromatic carbocycles. The van der Waals surface area contributed by atoms with Crippen LogP contribution in [0.1, 0.15) is 59.7 Å². The minimum absolute atomic E-state index is 0.111. The van der Waals surface area contributed by atoms with E-state index in [0.29, 0.717) is 17.3 Å². The van der Waals surface area contributed by atoms with E-state index in [0.717, 1.165) is 32.1 Å². The fourth-order valence-corrected chi connectivity index (χ4v) is 3.36. The monoisotopic (exact) mass is 343 g/mol. The van der Waals surface area contributed by atoms with Gasteiger partial charge in [0.05, 0.1) is 12.0 Å². The number of hydrogen-bond acceptors (Lipinski definition) is 5. The Kier molecular flexibility index (Phi) is 4.83. The Bertz CT molecular complexity index is 778. The van der Waals surface area contributed by atoms with E-state index in [2.05, 4.69) is 15.5 Å².